The van der Waals surface area contributed by atoms with Gasteiger partial charge in [-0.3, -0.25) is 4.90 Å². The summed E-state index contributed by atoms with van der Waals surface area (Å²) in [6, 6.07) is 12.7. The van der Waals surface area contributed by atoms with Crippen LogP contribution in [0, 0.1) is 16.7 Å². The van der Waals surface area contributed by atoms with E-state index in [0.29, 0.717) is 0 Å². The number of nitriles is 1. The van der Waals surface area contributed by atoms with E-state index >= 15 is 0 Å². The molecule has 0 bridgehead atoms. The summed E-state index contributed by atoms with van der Waals surface area (Å²) in [4.78, 5) is 2.25. The monoisotopic (exact) mass is 254 g/mol. The van der Waals surface area contributed by atoms with Gasteiger partial charge in [-0.05, 0) is 17.4 Å². The maximum absolute atomic E-state index is 9.39. The van der Waals surface area contributed by atoms with Gasteiger partial charge < -0.3 is 0 Å². The van der Waals surface area contributed by atoms with Crippen molar-refractivity contribution in [3.63, 3.8) is 0 Å². The van der Waals surface area contributed by atoms with E-state index in [1.54, 1.807) is 0 Å². The first-order valence-electron chi connectivity index (χ1n) is 6.89. The molecular formula is C17H22N2. The Bertz CT molecular complexity index is 488. The highest BCUT2D eigenvalue weighted by Crippen LogP contribution is 2.32. The Kier molecular flexibility index (Phi) is 4.07. The summed E-state index contributed by atoms with van der Waals surface area (Å²) in [7, 11) is 0. The lowest BCUT2D eigenvalue weighted by molar-refractivity contribution is 0.234. The second-order valence-corrected chi connectivity index (χ2v) is 6.22. The van der Waals surface area contributed by atoms with Gasteiger partial charge in [0.15, 0.2) is 0 Å². The lowest BCUT2D eigenvalue weighted by Crippen LogP contribution is -2.38. The Labute approximate surface area is 116 Å². The standard InChI is InChI=1S/C17H22N2/c1-17(2,3)15-9-10-19(16(11-15)12-18)13-14-7-5-4-6-8-14/h4-8,11,16H,9-10,13H2,1-3H3. The normalized spacial score (nSPS) is 20.7. The first-order valence-corrected chi connectivity index (χ1v) is 6.89. The van der Waals surface area contributed by atoms with Gasteiger partial charge in [0, 0.05) is 13.1 Å². The Balaban J connectivity index is 2.13. The third-order valence-corrected chi connectivity index (χ3v) is 3.74. The van der Waals surface area contributed by atoms with Gasteiger partial charge in [0.1, 0.15) is 6.04 Å². The molecule has 2 rings (SSSR count). The van der Waals surface area contributed by atoms with Crippen molar-refractivity contribution in [1.82, 2.24) is 4.90 Å². The van der Waals surface area contributed by atoms with Gasteiger partial charge in [-0.1, -0.05) is 62.8 Å². The van der Waals surface area contributed by atoms with Crippen LogP contribution in [-0.4, -0.2) is 17.5 Å². The van der Waals surface area contributed by atoms with Crippen molar-refractivity contribution in [2.24, 2.45) is 5.41 Å². The molecular weight excluding hydrogens is 232 g/mol. The van der Waals surface area contributed by atoms with Gasteiger partial charge in [0.05, 0.1) is 6.07 Å². The van der Waals surface area contributed by atoms with E-state index < -0.39 is 0 Å². The van der Waals surface area contributed by atoms with Crippen molar-refractivity contribution in [1.29, 1.82) is 5.26 Å². The van der Waals surface area contributed by atoms with Crippen LogP contribution in [0.4, 0.5) is 0 Å². The number of benzene rings is 1. The second kappa shape index (κ2) is 5.59. The fourth-order valence-electron chi connectivity index (χ4n) is 2.52. The summed E-state index contributed by atoms with van der Waals surface area (Å²) in [6.45, 7) is 8.49. The summed E-state index contributed by atoms with van der Waals surface area (Å²) < 4.78 is 0. The largest absolute Gasteiger partial charge is 0.280 e. The number of nitrogens with zero attached hydrogens (tertiary/aromatic N) is 2. The minimum Gasteiger partial charge on any atom is -0.280 e. The minimum absolute atomic E-state index is 0.0943. The van der Waals surface area contributed by atoms with Crippen LogP contribution in [0.2, 0.25) is 0 Å². The molecule has 0 aliphatic carbocycles. The predicted octanol–water partition coefficient (Wildman–Crippen LogP) is 3.76. The quantitative estimate of drug-likeness (QED) is 0.751. The Hall–Kier alpha value is -1.59. The van der Waals surface area contributed by atoms with Crippen LogP contribution in [0.1, 0.15) is 32.8 Å². The molecule has 1 aromatic rings. The molecule has 0 radical (unpaired) electrons. The van der Waals surface area contributed by atoms with E-state index in [4.69, 9.17) is 0 Å². The predicted molar refractivity (Wildman–Crippen MR) is 78.4 cm³/mol. The molecule has 0 spiro atoms. The average Bonchev–Trinajstić information content (AvgIpc) is 2.39. The van der Waals surface area contributed by atoms with E-state index in [0.717, 1.165) is 19.5 Å². The van der Waals surface area contributed by atoms with Crippen LogP contribution in [-0.2, 0) is 6.54 Å². The lowest BCUT2D eigenvalue weighted by atomic mass is 9.81. The first-order chi connectivity index (χ1) is 9.00. The van der Waals surface area contributed by atoms with Crippen molar-refractivity contribution in [2.75, 3.05) is 6.54 Å². The Morgan fingerprint density at radius 2 is 1.95 bits per heavy atom. The minimum atomic E-state index is -0.0943. The summed E-state index contributed by atoms with van der Waals surface area (Å²) in [6.07, 6.45) is 3.22. The zero-order valence-corrected chi connectivity index (χ0v) is 12.1. The van der Waals surface area contributed by atoms with Gasteiger partial charge in [-0.25, -0.2) is 0 Å². The van der Waals surface area contributed by atoms with Crippen LogP contribution in [0.5, 0.6) is 0 Å². The van der Waals surface area contributed by atoms with Crippen molar-refractivity contribution >= 4 is 0 Å². The number of hydrogen-bond donors (Lipinski definition) is 0. The third-order valence-electron chi connectivity index (χ3n) is 3.74. The SMILES string of the molecule is CC(C)(C)C1=CC(C#N)N(Cc2ccccc2)CC1. The highest BCUT2D eigenvalue weighted by molar-refractivity contribution is 5.24. The Morgan fingerprint density at radius 1 is 1.26 bits per heavy atom. The zero-order valence-electron chi connectivity index (χ0n) is 12.1. The van der Waals surface area contributed by atoms with Crippen LogP contribution >= 0.6 is 0 Å². The van der Waals surface area contributed by atoms with Crippen molar-refractivity contribution < 1.29 is 0 Å². The zero-order chi connectivity index (χ0) is 13.9. The molecule has 0 saturated carbocycles. The van der Waals surface area contributed by atoms with E-state index in [-0.39, 0.29) is 11.5 Å². The molecule has 1 heterocycles. The molecule has 0 aromatic heterocycles. The molecule has 0 fully saturated rings. The van der Waals surface area contributed by atoms with Crippen molar-refractivity contribution in [3.05, 3.63) is 47.5 Å². The van der Waals surface area contributed by atoms with Crippen LogP contribution < -0.4 is 0 Å². The van der Waals surface area contributed by atoms with Crippen LogP contribution in [0.3, 0.4) is 0 Å². The van der Waals surface area contributed by atoms with Crippen LogP contribution in [0.25, 0.3) is 0 Å². The molecule has 0 amide bonds. The topological polar surface area (TPSA) is 27.0 Å². The molecule has 1 unspecified atom stereocenters. The van der Waals surface area contributed by atoms with Crippen molar-refractivity contribution in [3.8, 4) is 6.07 Å². The summed E-state index contributed by atoms with van der Waals surface area (Å²) in [5, 5.41) is 9.39. The molecule has 2 heteroatoms. The maximum Gasteiger partial charge on any atom is 0.117 e. The van der Waals surface area contributed by atoms with E-state index in [1.807, 2.05) is 6.07 Å². The molecule has 1 atom stereocenters. The van der Waals surface area contributed by atoms with E-state index in [1.165, 1.54) is 11.1 Å². The van der Waals surface area contributed by atoms with Gasteiger partial charge in [0.25, 0.3) is 0 Å². The van der Waals surface area contributed by atoms with Gasteiger partial charge >= 0.3 is 0 Å². The number of hydrogen-bond acceptors (Lipinski definition) is 2. The fraction of sp³-hybridized carbons (Fsp3) is 0.471. The molecule has 0 N–H and O–H groups in total. The second-order valence-electron chi connectivity index (χ2n) is 6.22. The van der Waals surface area contributed by atoms with Crippen LogP contribution in [0.15, 0.2) is 42.0 Å². The number of rotatable bonds is 2. The maximum atomic E-state index is 9.39. The third kappa shape index (κ3) is 3.45. The lowest BCUT2D eigenvalue weighted by Gasteiger charge is -2.35. The average molecular weight is 254 g/mol. The Morgan fingerprint density at radius 3 is 2.53 bits per heavy atom. The molecule has 100 valence electrons. The fourth-order valence-corrected chi connectivity index (χ4v) is 2.52. The molecule has 1 aromatic carbocycles. The first kappa shape index (κ1) is 13.8. The van der Waals surface area contributed by atoms with E-state index in [9.17, 15) is 5.26 Å². The van der Waals surface area contributed by atoms with Gasteiger partial charge in [-0.15, -0.1) is 0 Å². The summed E-state index contributed by atoms with van der Waals surface area (Å²) >= 11 is 0. The van der Waals surface area contributed by atoms with Crippen molar-refractivity contribution in [2.45, 2.75) is 39.8 Å². The molecule has 1 aliphatic heterocycles. The molecule has 0 saturated heterocycles. The molecule has 1 aliphatic rings. The molecule has 2 nitrogen and oxygen atoms in total. The highest BCUT2D eigenvalue weighted by Gasteiger charge is 2.27. The highest BCUT2D eigenvalue weighted by atomic mass is 15.2. The summed E-state index contributed by atoms with van der Waals surface area (Å²) in [5.41, 5.74) is 2.85. The van der Waals surface area contributed by atoms with Gasteiger partial charge in [0.2, 0.25) is 0 Å². The molecule has 19 heavy (non-hydrogen) atoms. The van der Waals surface area contributed by atoms with Gasteiger partial charge in [-0.2, -0.15) is 5.26 Å². The smallest absolute Gasteiger partial charge is 0.117 e. The van der Waals surface area contributed by atoms with E-state index in [2.05, 4.69) is 62.1 Å². The summed E-state index contributed by atoms with van der Waals surface area (Å²) in [5.74, 6) is 0.